The Kier molecular flexibility index (Phi) is 5.56. The predicted octanol–water partition coefficient (Wildman–Crippen LogP) is 3.31. The lowest BCUT2D eigenvalue weighted by molar-refractivity contribution is -0.116. The molecule has 0 unspecified atom stereocenters. The van der Waals surface area contributed by atoms with Crippen molar-refractivity contribution < 1.29 is 4.79 Å². The summed E-state index contributed by atoms with van der Waals surface area (Å²) in [4.78, 5) is 24.1. The van der Waals surface area contributed by atoms with Crippen molar-refractivity contribution >= 4 is 60.3 Å². The molecule has 0 saturated carbocycles. The average molecular weight is 419 g/mol. The second-order valence-electron chi connectivity index (χ2n) is 4.94. The molecule has 1 aromatic carbocycles. The molecule has 0 atom stereocenters. The molecule has 0 spiro atoms. The Balaban J connectivity index is 1.62. The van der Waals surface area contributed by atoms with Crippen molar-refractivity contribution in [2.75, 3.05) is 23.7 Å². The van der Waals surface area contributed by atoms with Crippen LogP contribution in [0, 0.1) is 0 Å². The molecule has 2 heterocycles. The molecule has 1 amide bonds. The van der Waals surface area contributed by atoms with Crippen LogP contribution < -0.4 is 16.0 Å². The van der Waals surface area contributed by atoms with Gasteiger partial charge in [0, 0.05) is 23.8 Å². The van der Waals surface area contributed by atoms with Crippen molar-refractivity contribution in [3.8, 4) is 0 Å². The van der Waals surface area contributed by atoms with E-state index < -0.39 is 0 Å². The minimum Gasteiger partial charge on any atom is -0.352 e. The third kappa shape index (κ3) is 4.74. The molecule has 3 rings (SSSR count). The summed E-state index contributed by atoms with van der Waals surface area (Å²) in [5.41, 5.74) is 0.932. The first-order valence-electron chi connectivity index (χ1n) is 7.44. The van der Waals surface area contributed by atoms with E-state index in [9.17, 15) is 4.79 Å². The zero-order valence-electron chi connectivity index (χ0n) is 13.1. The molecule has 0 bridgehead atoms. The van der Waals surface area contributed by atoms with E-state index in [4.69, 9.17) is 0 Å². The van der Waals surface area contributed by atoms with Gasteiger partial charge in [0.05, 0.1) is 10.2 Å². The lowest BCUT2D eigenvalue weighted by Gasteiger charge is -2.07. The van der Waals surface area contributed by atoms with Crippen LogP contribution in [0.1, 0.15) is 0 Å². The number of thiazole rings is 1. The van der Waals surface area contributed by atoms with Gasteiger partial charge in [0.2, 0.25) is 11.9 Å². The Morgan fingerprint density at radius 2 is 2.16 bits per heavy atom. The van der Waals surface area contributed by atoms with Crippen LogP contribution in [0.3, 0.4) is 0 Å². The molecule has 0 saturated heterocycles. The number of aromatic nitrogens is 3. The summed E-state index contributed by atoms with van der Waals surface area (Å²) < 4.78 is 2.11. The molecular formula is C16H15BrN6OS. The van der Waals surface area contributed by atoms with Gasteiger partial charge in [-0.25, -0.2) is 9.97 Å². The van der Waals surface area contributed by atoms with Crippen LogP contribution >= 0.6 is 27.3 Å². The van der Waals surface area contributed by atoms with Crippen molar-refractivity contribution in [1.82, 2.24) is 20.3 Å². The maximum Gasteiger partial charge on any atom is 0.243 e. The number of amides is 1. The summed E-state index contributed by atoms with van der Waals surface area (Å²) in [5.74, 6) is 0.910. The van der Waals surface area contributed by atoms with Gasteiger partial charge in [-0.1, -0.05) is 33.8 Å². The first-order chi connectivity index (χ1) is 12.1. The molecule has 7 nitrogen and oxygen atoms in total. The number of nitrogens with zero attached hydrogens (tertiary/aromatic N) is 3. The Morgan fingerprint density at radius 3 is 3.00 bits per heavy atom. The number of fused-ring (bicyclic) bond motifs is 1. The molecule has 9 heteroatoms. The van der Waals surface area contributed by atoms with Crippen molar-refractivity contribution in [3.63, 3.8) is 0 Å². The van der Waals surface area contributed by atoms with Gasteiger partial charge < -0.3 is 16.0 Å². The Bertz CT molecular complexity index is 913. The summed E-state index contributed by atoms with van der Waals surface area (Å²) in [7, 11) is 0. The third-order valence-electron chi connectivity index (χ3n) is 3.13. The second kappa shape index (κ2) is 8.04. The highest BCUT2D eigenvalue weighted by atomic mass is 79.9. The fourth-order valence-electron chi connectivity index (χ4n) is 2.01. The number of rotatable bonds is 7. The molecule has 3 N–H and O–H groups in total. The molecular weight excluding hydrogens is 404 g/mol. The number of carbonyl (C=O) groups is 1. The number of benzene rings is 1. The van der Waals surface area contributed by atoms with Gasteiger partial charge in [0.25, 0.3) is 0 Å². The van der Waals surface area contributed by atoms with Crippen molar-refractivity contribution in [3.05, 3.63) is 47.6 Å². The SMILES string of the molecule is C=CC(=O)NCCNc1nccc(Nc2nc3ccc(Br)cc3s2)n1. The molecule has 0 radical (unpaired) electrons. The van der Waals surface area contributed by atoms with Gasteiger partial charge in [-0.3, -0.25) is 4.79 Å². The standard InChI is InChI=1S/C16H15BrN6OS/c1-2-14(24)18-7-8-20-15-19-6-5-13(22-15)23-16-21-11-4-3-10(17)9-12(11)25-16/h2-6,9H,1,7-8H2,(H,18,24)(H2,19,20,21,22,23). The summed E-state index contributed by atoms with van der Waals surface area (Å²) in [6, 6.07) is 7.73. The van der Waals surface area contributed by atoms with Gasteiger partial charge in [0.1, 0.15) is 5.82 Å². The highest BCUT2D eigenvalue weighted by molar-refractivity contribution is 9.10. The molecule has 25 heavy (non-hydrogen) atoms. The van der Waals surface area contributed by atoms with Crippen LogP contribution in [-0.4, -0.2) is 33.9 Å². The predicted molar refractivity (Wildman–Crippen MR) is 104 cm³/mol. The average Bonchev–Trinajstić information content (AvgIpc) is 3.00. The fourth-order valence-corrected chi connectivity index (χ4v) is 3.43. The summed E-state index contributed by atoms with van der Waals surface area (Å²) in [6.45, 7) is 4.37. The molecule has 128 valence electrons. The van der Waals surface area contributed by atoms with Gasteiger partial charge in [-0.15, -0.1) is 0 Å². The van der Waals surface area contributed by atoms with E-state index >= 15 is 0 Å². The van der Waals surface area contributed by atoms with Gasteiger partial charge in [-0.05, 0) is 30.3 Å². The van der Waals surface area contributed by atoms with E-state index in [0.717, 1.165) is 19.8 Å². The first-order valence-corrected chi connectivity index (χ1v) is 9.05. The quantitative estimate of drug-likeness (QED) is 0.402. The van der Waals surface area contributed by atoms with E-state index in [1.807, 2.05) is 18.2 Å². The minimum atomic E-state index is -0.208. The molecule has 3 aromatic rings. The van der Waals surface area contributed by atoms with Crippen molar-refractivity contribution in [2.45, 2.75) is 0 Å². The van der Waals surface area contributed by atoms with Gasteiger partial charge in [0.15, 0.2) is 5.13 Å². The first kappa shape index (κ1) is 17.3. The number of halogens is 1. The lowest BCUT2D eigenvalue weighted by Crippen LogP contribution is -2.27. The fraction of sp³-hybridized carbons (Fsp3) is 0.125. The minimum absolute atomic E-state index is 0.208. The molecule has 0 fully saturated rings. The zero-order chi connectivity index (χ0) is 17.6. The zero-order valence-corrected chi connectivity index (χ0v) is 15.5. The summed E-state index contributed by atoms with van der Waals surface area (Å²) in [6.07, 6.45) is 2.89. The highest BCUT2D eigenvalue weighted by Gasteiger charge is 2.06. The number of nitrogens with one attached hydrogen (secondary N) is 3. The van der Waals surface area contributed by atoms with Crippen molar-refractivity contribution in [1.29, 1.82) is 0 Å². The van der Waals surface area contributed by atoms with Crippen LogP contribution in [-0.2, 0) is 4.79 Å². The number of carbonyl (C=O) groups excluding carboxylic acids is 1. The number of hydrogen-bond acceptors (Lipinski definition) is 7. The van der Waals surface area contributed by atoms with E-state index in [0.29, 0.717) is 24.9 Å². The van der Waals surface area contributed by atoms with Crippen LogP contribution in [0.5, 0.6) is 0 Å². The smallest absolute Gasteiger partial charge is 0.243 e. The van der Waals surface area contributed by atoms with Crippen LogP contribution in [0.4, 0.5) is 16.9 Å². The van der Waals surface area contributed by atoms with Crippen LogP contribution in [0.2, 0.25) is 0 Å². The topological polar surface area (TPSA) is 91.8 Å². The second-order valence-corrected chi connectivity index (χ2v) is 6.89. The molecule has 2 aromatic heterocycles. The van der Waals surface area contributed by atoms with E-state index in [1.54, 1.807) is 23.6 Å². The monoisotopic (exact) mass is 418 g/mol. The van der Waals surface area contributed by atoms with Gasteiger partial charge in [-0.2, -0.15) is 4.98 Å². The highest BCUT2D eigenvalue weighted by Crippen LogP contribution is 2.29. The number of hydrogen-bond donors (Lipinski definition) is 3. The number of anilines is 3. The molecule has 0 aliphatic carbocycles. The summed E-state index contributed by atoms with van der Waals surface area (Å²) >= 11 is 5.01. The Morgan fingerprint density at radius 1 is 1.28 bits per heavy atom. The Hall–Kier alpha value is -2.52. The maximum atomic E-state index is 11.1. The third-order valence-corrected chi connectivity index (χ3v) is 4.56. The summed E-state index contributed by atoms with van der Waals surface area (Å²) in [5, 5.41) is 9.67. The van der Waals surface area contributed by atoms with E-state index in [-0.39, 0.29) is 5.91 Å². The van der Waals surface area contributed by atoms with E-state index in [1.165, 1.54) is 6.08 Å². The molecule has 0 aliphatic heterocycles. The lowest BCUT2D eigenvalue weighted by atomic mass is 10.3. The van der Waals surface area contributed by atoms with Crippen molar-refractivity contribution in [2.24, 2.45) is 0 Å². The maximum absolute atomic E-state index is 11.1. The largest absolute Gasteiger partial charge is 0.352 e. The molecule has 0 aliphatic rings. The van der Waals surface area contributed by atoms with E-state index in [2.05, 4.69) is 53.4 Å². The van der Waals surface area contributed by atoms with Crippen LogP contribution in [0.15, 0.2) is 47.6 Å². The van der Waals surface area contributed by atoms with Gasteiger partial charge >= 0.3 is 0 Å². The normalized spacial score (nSPS) is 10.4. The van der Waals surface area contributed by atoms with Crippen LogP contribution in [0.25, 0.3) is 10.2 Å². The Labute approximate surface area is 156 Å².